The molecule has 5 nitrogen and oxygen atoms in total. The lowest BCUT2D eigenvalue weighted by Gasteiger charge is -2.27. The molecule has 2 N–H and O–H groups in total. The minimum Gasteiger partial charge on any atom is -0.377 e. The van der Waals surface area contributed by atoms with Crippen LogP contribution in [0, 0.1) is 0 Å². The van der Waals surface area contributed by atoms with Crippen molar-refractivity contribution in [2.24, 2.45) is 0 Å². The Morgan fingerprint density at radius 1 is 1.50 bits per heavy atom. The molecule has 0 aliphatic carbocycles. The smallest absolute Gasteiger partial charge is 0.215 e. The highest BCUT2D eigenvalue weighted by Gasteiger charge is 2.29. The normalized spacial score (nSPS) is 23.3. The number of piperidine rings is 1. The van der Waals surface area contributed by atoms with Gasteiger partial charge in [0, 0.05) is 20.2 Å². The second-order valence-electron chi connectivity index (χ2n) is 4.80. The number of ether oxygens (including phenoxy) is 1. The van der Waals surface area contributed by atoms with E-state index < -0.39 is 15.6 Å². The summed E-state index contributed by atoms with van der Waals surface area (Å²) in [6.07, 6.45) is 1.65. The van der Waals surface area contributed by atoms with E-state index in [9.17, 15) is 8.42 Å². The maximum Gasteiger partial charge on any atom is 0.215 e. The number of nitrogens with one attached hydrogen (secondary N) is 2. The molecule has 1 aliphatic rings. The third-order valence-corrected chi connectivity index (χ3v) is 4.77. The first kappa shape index (κ1) is 13.9. The van der Waals surface area contributed by atoms with Gasteiger partial charge in [-0.25, -0.2) is 13.1 Å². The van der Waals surface area contributed by atoms with E-state index in [0.29, 0.717) is 13.1 Å². The molecule has 0 bridgehead atoms. The molecule has 1 fully saturated rings. The van der Waals surface area contributed by atoms with E-state index in [0.717, 1.165) is 19.4 Å². The van der Waals surface area contributed by atoms with Crippen LogP contribution in [-0.2, 0) is 14.8 Å². The molecule has 0 spiro atoms. The number of sulfonamides is 1. The van der Waals surface area contributed by atoms with Crippen LogP contribution in [0.5, 0.6) is 0 Å². The van der Waals surface area contributed by atoms with Gasteiger partial charge in [0.15, 0.2) is 0 Å². The van der Waals surface area contributed by atoms with E-state index in [2.05, 4.69) is 10.0 Å². The van der Waals surface area contributed by atoms with Gasteiger partial charge in [-0.3, -0.25) is 0 Å². The zero-order valence-electron chi connectivity index (χ0n) is 10.2. The summed E-state index contributed by atoms with van der Waals surface area (Å²) in [5.74, 6) is 0. The Bertz CT molecular complexity index is 308. The first-order chi connectivity index (χ1) is 7.37. The van der Waals surface area contributed by atoms with Crippen molar-refractivity contribution >= 4 is 10.0 Å². The molecule has 0 amide bonds. The Morgan fingerprint density at radius 3 is 2.69 bits per heavy atom. The third kappa shape index (κ3) is 4.01. The van der Waals surface area contributed by atoms with Crippen LogP contribution in [-0.4, -0.2) is 46.0 Å². The molecule has 1 saturated heterocycles. The van der Waals surface area contributed by atoms with Crippen LogP contribution in [0.2, 0.25) is 0 Å². The van der Waals surface area contributed by atoms with Gasteiger partial charge in [-0.1, -0.05) is 0 Å². The quantitative estimate of drug-likeness (QED) is 0.725. The fourth-order valence-electron chi connectivity index (χ4n) is 1.55. The zero-order chi connectivity index (χ0) is 12.2. The molecule has 96 valence electrons. The number of methoxy groups -OCH3 is 1. The first-order valence-corrected chi connectivity index (χ1v) is 7.16. The van der Waals surface area contributed by atoms with Gasteiger partial charge < -0.3 is 10.1 Å². The fraction of sp³-hybridized carbons (Fsp3) is 1.00. The summed E-state index contributed by atoms with van der Waals surface area (Å²) in [7, 11) is -1.64. The molecule has 6 heteroatoms. The highest BCUT2D eigenvalue weighted by Crippen LogP contribution is 2.12. The van der Waals surface area contributed by atoms with Crippen LogP contribution in [0.25, 0.3) is 0 Å². The van der Waals surface area contributed by atoms with Crippen molar-refractivity contribution in [2.45, 2.75) is 37.5 Å². The second-order valence-corrected chi connectivity index (χ2v) is 6.84. The summed E-state index contributed by atoms with van der Waals surface area (Å²) in [4.78, 5) is 0. The van der Waals surface area contributed by atoms with Crippen molar-refractivity contribution < 1.29 is 13.2 Å². The van der Waals surface area contributed by atoms with Gasteiger partial charge in [-0.15, -0.1) is 0 Å². The van der Waals surface area contributed by atoms with Crippen molar-refractivity contribution in [2.75, 3.05) is 26.7 Å². The van der Waals surface area contributed by atoms with Crippen LogP contribution >= 0.6 is 0 Å². The van der Waals surface area contributed by atoms with Gasteiger partial charge in [-0.05, 0) is 33.2 Å². The summed E-state index contributed by atoms with van der Waals surface area (Å²) >= 11 is 0. The molecular weight excluding hydrogens is 228 g/mol. The molecule has 16 heavy (non-hydrogen) atoms. The molecule has 0 aromatic carbocycles. The average Bonchev–Trinajstić information content (AvgIpc) is 2.28. The summed E-state index contributed by atoms with van der Waals surface area (Å²) in [6, 6.07) is 0. The number of hydrogen-bond donors (Lipinski definition) is 2. The van der Waals surface area contributed by atoms with E-state index in [1.165, 1.54) is 0 Å². The van der Waals surface area contributed by atoms with Crippen LogP contribution in [0.15, 0.2) is 0 Å². The molecule has 0 aromatic heterocycles. The Hall–Kier alpha value is -0.170. The van der Waals surface area contributed by atoms with Gasteiger partial charge >= 0.3 is 0 Å². The third-order valence-electron chi connectivity index (χ3n) is 2.94. The van der Waals surface area contributed by atoms with E-state index >= 15 is 0 Å². The van der Waals surface area contributed by atoms with E-state index in [1.54, 1.807) is 7.11 Å². The maximum absolute atomic E-state index is 11.9. The highest BCUT2D eigenvalue weighted by atomic mass is 32.2. The molecule has 1 heterocycles. The summed E-state index contributed by atoms with van der Waals surface area (Å²) in [5.41, 5.74) is -0.463. The predicted molar refractivity (Wildman–Crippen MR) is 63.9 cm³/mol. The summed E-state index contributed by atoms with van der Waals surface area (Å²) in [5, 5.41) is 2.79. The molecule has 0 aromatic rings. The molecule has 1 unspecified atom stereocenters. The van der Waals surface area contributed by atoms with Crippen LogP contribution in [0.3, 0.4) is 0 Å². The van der Waals surface area contributed by atoms with Crippen molar-refractivity contribution in [1.82, 2.24) is 10.0 Å². The molecule has 1 aliphatic heterocycles. The van der Waals surface area contributed by atoms with Crippen LogP contribution < -0.4 is 10.0 Å². The maximum atomic E-state index is 11.9. The van der Waals surface area contributed by atoms with Gasteiger partial charge in [0.05, 0.1) is 10.9 Å². The lowest BCUT2D eigenvalue weighted by atomic mass is 10.1. The standard InChI is InChI=1S/C10H22N2O3S/c1-10(2,15-3)8-12-16(13,14)9-5-4-6-11-7-9/h9,11-12H,4-8H2,1-3H3. The monoisotopic (exact) mass is 250 g/mol. The van der Waals surface area contributed by atoms with E-state index in [4.69, 9.17) is 4.74 Å². The molecule has 0 radical (unpaired) electrons. The van der Waals surface area contributed by atoms with Crippen LogP contribution in [0.1, 0.15) is 26.7 Å². The molecule has 1 rings (SSSR count). The van der Waals surface area contributed by atoms with Gasteiger partial charge in [0.2, 0.25) is 10.0 Å². The molecular formula is C10H22N2O3S. The Balaban J connectivity index is 2.51. The summed E-state index contributed by atoms with van der Waals surface area (Å²) < 4.78 is 31.7. The van der Waals surface area contributed by atoms with Gasteiger partial charge in [0.25, 0.3) is 0 Å². The topological polar surface area (TPSA) is 67.4 Å². The van der Waals surface area contributed by atoms with Crippen molar-refractivity contribution in [3.63, 3.8) is 0 Å². The Kier molecular flexibility index (Phi) is 4.73. The number of hydrogen-bond acceptors (Lipinski definition) is 4. The highest BCUT2D eigenvalue weighted by molar-refractivity contribution is 7.90. The lowest BCUT2D eigenvalue weighted by molar-refractivity contribution is 0.0276. The molecule has 0 saturated carbocycles. The van der Waals surface area contributed by atoms with Crippen molar-refractivity contribution in [3.8, 4) is 0 Å². The Morgan fingerprint density at radius 2 is 2.19 bits per heavy atom. The lowest BCUT2D eigenvalue weighted by Crippen LogP contribution is -2.48. The van der Waals surface area contributed by atoms with E-state index in [1.807, 2.05) is 13.8 Å². The van der Waals surface area contributed by atoms with Crippen LogP contribution in [0.4, 0.5) is 0 Å². The minimum absolute atomic E-state index is 0.308. The summed E-state index contributed by atoms with van der Waals surface area (Å²) in [6.45, 7) is 5.48. The Labute approximate surface area is 98.0 Å². The zero-order valence-corrected chi connectivity index (χ0v) is 11.1. The van der Waals surface area contributed by atoms with Crippen molar-refractivity contribution in [1.29, 1.82) is 0 Å². The fourth-order valence-corrected chi connectivity index (χ4v) is 3.15. The van der Waals surface area contributed by atoms with E-state index in [-0.39, 0.29) is 5.25 Å². The second kappa shape index (κ2) is 5.44. The molecule has 1 atom stereocenters. The minimum atomic E-state index is -3.22. The predicted octanol–water partition coefficient (Wildman–Crippen LogP) is 0.0828. The SMILES string of the molecule is COC(C)(C)CNS(=O)(=O)C1CCCNC1. The first-order valence-electron chi connectivity index (χ1n) is 5.62. The largest absolute Gasteiger partial charge is 0.377 e. The van der Waals surface area contributed by atoms with Gasteiger partial charge in [0.1, 0.15) is 0 Å². The average molecular weight is 250 g/mol. The van der Waals surface area contributed by atoms with Crippen molar-refractivity contribution in [3.05, 3.63) is 0 Å². The number of rotatable bonds is 5. The van der Waals surface area contributed by atoms with Gasteiger partial charge in [-0.2, -0.15) is 0 Å².